The molecular formula is C44H56N6O7. The molecule has 13 heteroatoms. The summed E-state index contributed by atoms with van der Waals surface area (Å²) in [6.07, 6.45) is 12.4. The third-order valence-corrected chi connectivity index (χ3v) is 11.9. The SMILES string of the molecule is CCC[C@H](CC(=O)[C@@H]1C[C@@H](Oc2ncnc3ccccc23)CN1C(=O)[C@@H](CC(=O)[C@@H](NC(=O)c1cnccn1)C1CCCCC1)C(C)(C)C)C(=O)C(=O)CC1CC1. The van der Waals surface area contributed by atoms with Crippen LogP contribution in [0.3, 0.4) is 0 Å². The number of rotatable bonds is 18. The summed E-state index contributed by atoms with van der Waals surface area (Å²) in [5.41, 5.74) is 0.0667. The van der Waals surface area contributed by atoms with Gasteiger partial charge in [0.2, 0.25) is 17.6 Å². The Balaban J connectivity index is 1.27. The molecule has 0 radical (unpaired) electrons. The largest absolute Gasteiger partial charge is 0.472 e. The zero-order valence-electron chi connectivity index (χ0n) is 33.7. The summed E-state index contributed by atoms with van der Waals surface area (Å²) < 4.78 is 6.44. The van der Waals surface area contributed by atoms with Crippen molar-refractivity contribution in [3.63, 3.8) is 0 Å². The van der Waals surface area contributed by atoms with E-state index in [0.29, 0.717) is 29.6 Å². The van der Waals surface area contributed by atoms with Crippen LogP contribution in [0.25, 0.3) is 10.9 Å². The van der Waals surface area contributed by atoms with Gasteiger partial charge >= 0.3 is 0 Å². The molecule has 3 heterocycles. The molecule has 6 rings (SSSR count). The summed E-state index contributed by atoms with van der Waals surface area (Å²) in [4.78, 5) is 102. The van der Waals surface area contributed by atoms with E-state index in [2.05, 4.69) is 25.3 Å². The zero-order chi connectivity index (χ0) is 40.7. The van der Waals surface area contributed by atoms with Crippen LogP contribution in [0.2, 0.25) is 0 Å². The van der Waals surface area contributed by atoms with Crippen LogP contribution in [0.4, 0.5) is 0 Å². The number of carbonyl (C=O) groups excluding carboxylic acids is 6. The van der Waals surface area contributed by atoms with E-state index in [9.17, 15) is 28.8 Å². The predicted molar refractivity (Wildman–Crippen MR) is 212 cm³/mol. The lowest BCUT2D eigenvalue weighted by Gasteiger charge is -2.36. The molecule has 1 aromatic carbocycles. The highest BCUT2D eigenvalue weighted by atomic mass is 16.5. The lowest BCUT2D eigenvalue weighted by Crippen LogP contribution is -2.51. The third-order valence-electron chi connectivity index (χ3n) is 11.9. The predicted octanol–water partition coefficient (Wildman–Crippen LogP) is 6.08. The normalized spacial score (nSPS) is 20.4. The van der Waals surface area contributed by atoms with Crippen molar-refractivity contribution in [3.8, 4) is 5.88 Å². The van der Waals surface area contributed by atoms with Gasteiger partial charge in [-0.25, -0.2) is 15.0 Å². The van der Waals surface area contributed by atoms with Crippen molar-refractivity contribution in [2.24, 2.45) is 29.1 Å². The van der Waals surface area contributed by atoms with E-state index < -0.39 is 52.9 Å². The first-order chi connectivity index (χ1) is 27.3. The molecule has 1 N–H and O–H groups in total. The summed E-state index contributed by atoms with van der Waals surface area (Å²) >= 11 is 0. The minimum atomic E-state index is -0.952. The first kappa shape index (κ1) is 41.7. The Hall–Kier alpha value is -4.94. The number of amides is 2. The maximum atomic E-state index is 15.0. The first-order valence-electron chi connectivity index (χ1n) is 20.7. The number of nitrogens with one attached hydrogen (secondary N) is 1. The summed E-state index contributed by atoms with van der Waals surface area (Å²) in [5, 5.41) is 3.64. The average Bonchev–Trinajstić information content (AvgIpc) is 3.93. The number of hydrogen-bond donors (Lipinski definition) is 1. The second kappa shape index (κ2) is 18.5. The van der Waals surface area contributed by atoms with Gasteiger partial charge in [0, 0.05) is 49.9 Å². The maximum Gasteiger partial charge on any atom is 0.272 e. The molecule has 3 fully saturated rings. The van der Waals surface area contributed by atoms with Crippen molar-refractivity contribution in [3.05, 3.63) is 54.9 Å². The van der Waals surface area contributed by atoms with Crippen molar-refractivity contribution in [2.75, 3.05) is 6.54 Å². The lowest BCUT2D eigenvalue weighted by atomic mass is 9.74. The summed E-state index contributed by atoms with van der Waals surface area (Å²) in [6, 6.07) is 5.62. The molecule has 0 unspecified atom stereocenters. The first-order valence-corrected chi connectivity index (χ1v) is 20.7. The molecule has 2 aliphatic carbocycles. The number of benzene rings is 1. The van der Waals surface area contributed by atoms with Crippen LogP contribution in [0.1, 0.15) is 122 Å². The highest BCUT2D eigenvalue weighted by Crippen LogP contribution is 2.38. The van der Waals surface area contributed by atoms with Gasteiger partial charge < -0.3 is 15.0 Å². The topological polar surface area (TPSA) is 178 Å². The van der Waals surface area contributed by atoms with Crippen molar-refractivity contribution < 1.29 is 33.5 Å². The number of likely N-dealkylation sites (tertiary alicyclic amines) is 1. The minimum Gasteiger partial charge on any atom is -0.472 e. The number of carbonyl (C=O) groups is 6. The number of ketones is 4. The fourth-order valence-electron chi connectivity index (χ4n) is 8.48. The number of hydrogen-bond acceptors (Lipinski definition) is 11. The molecule has 57 heavy (non-hydrogen) atoms. The molecule has 13 nitrogen and oxygen atoms in total. The Labute approximate surface area is 334 Å². The third kappa shape index (κ3) is 10.5. The number of nitrogens with zero attached hydrogens (tertiary/aromatic N) is 5. The Morgan fingerprint density at radius 3 is 2.37 bits per heavy atom. The van der Waals surface area contributed by atoms with E-state index in [0.717, 1.165) is 44.9 Å². The molecule has 2 amide bonds. The van der Waals surface area contributed by atoms with Crippen LogP contribution in [0.5, 0.6) is 5.88 Å². The molecular weight excluding hydrogens is 725 g/mol. The van der Waals surface area contributed by atoms with Gasteiger partial charge in [-0.15, -0.1) is 0 Å². The van der Waals surface area contributed by atoms with Crippen molar-refractivity contribution >= 4 is 45.9 Å². The molecule has 2 aromatic heterocycles. The van der Waals surface area contributed by atoms with Crippen LogP contribution in [-0.4, -0.2) is 84.5 Å². The van der Waals surface area contributed by atoms with Gasteiger partial charge in [0.05, 0.1) is 35.7 Å². The smallest absolute Gasteiger partial charge is 0.272 e. The van der Waals surface area contributed by atoms with Gasteiger partial charge in [0.15, 0.2) is 17.3 Å². The standard InChI is InChI=1S/C44H56N6O7/c1-5-11-29(40(54)38(53)20-27-16-17-27)21-36(51)35-22-30(57-42-31-14-9-10-15-33(31)47-26-48-42)25-50(35)43(56)32(44(2,3)4)23-37(52)39(28-12-7-6-8-13-28)49-41(55)34-24-45-18-19-46-34/h9-10,14-15,18-19,24,26-30,32,35,39H,5-8,11-13,16-17,20-23,25H2,1-4H3,(H,49,55)/t29-,30-,32-,35+,39+/m1/s1. The van der Waals surface area contributed by atoms with Gasteiger partial charge in [-0.05, 0) is 61.5 Å². The molecule has 304 valence electrons. The molecule has 3 aromatic rings. The second-order valence-electron chi connectivity index (χ2n) is 17.3. The zero-order valence-corrected chi connectivity index (χ0v) is 33.7. The summed E-state index contributed by atoms with van der Waals surface area (Å²) in [6.45, 7) is 7.65. The van der Waals surface area contributed by atoms with Crippen molar-refractivity contribution in [1.82, 2.24) is 30.2 Å². The van der Waals surface area contributed by atoms with Gasteiger partial charge in [-0.3, -0.25) is 33.8 Å². The Bertz CT molecular complexity index is 1930. The van der Waals surface area contributed by atoms with Gasteiger partial charge in [-0.1, -0.05) is 65.5 Å². The minimum absolute atomic E-state index is 0.0524. The van der Waals surface area contributed by atoms with Crippen molar-refractivity contribution in [2.45, 2.75) is 129 Å². The lowest BCUT2D eigenvalue weighted by molar-refractivity contribution is -0.147. The van der Waals surface area contributed by atoms with Crippen LogP contribution < -0.4 is 10.1 Å². The number of ether oxygens (including phenoxy) is 1. The van der Waals surface area contributed by atoms with E-state index in [1.165, 1.54) is 29.8 Å². The van der Waals surface area contributed by atoms with Crippen LogP contribution >= 0.6 is 0 Å². The highest BCUT2D eigenvalue weighted by Gasteiger charge is 2.47. The molecule has 0 spiro atoms. The second-order valence-corrected chi connectivity index (χ2v) is 17.3. The van der Waals surface area contributed by atoms with Crippen molar-refractivity contribution in [1.29, 1.82) is 0 Å². The van der Waals surface area contributed by atoms with Gasteiger partial charge in [-0.2, -0.15) is 0 Å². The Morgan fingerprint density at radius 2 is 1.68 bits per heavy atom. The summed E-state index contributed by atoms with van der Waals surface area (Å²) in [5.74, 6) is -3.54. The van der Waals surface area contributed by atoms with E-state index >= 15 is 0 Å². The number of para-hydroxylation sites is 1. The van der Waals surface area contributed by atoms with Crippen LogP contribution in [0, 0.1) is 29.1 Å². The maximum absolute atomic E-state index is 15.0. The summed E-state index contributed by atoms with van der Waals surface area (Å²) in [7, 11) is 0. The Kier molecular flexibility index (Phi) is 13.6. The van der Waals surface area contributed by atoms with Gasteiger partial charge in [0.1, 0.15) is 18.1 Å². The number of aromatic nitrogens is 4. The molecule has 1 saturated heterocycles. The molecule has 5 atom stereocenters. The molecule has 3 aliphatic rings. The fraction of sp³-hybridized carbons (Fsp3) is 0.591. The molecule has 2 saturated carbocycles. The fourth-order valence-corrected chi connectivity index (χ4v) is 8.48. The quantitative estimate of drug-likeness (QED) is 0.148. The van der Waals surface area contributed by atoms with Crippen LogP contribution in [-0.2, 0) is 24.0 Å². The van der Waals surface area contributed by atoms with Gasteiger partial charge in [0.25, 0.3) is 5.91 Å². The van der Waals surface area contributed by atoms with E-state index in [-0.39, 0.29) is 67.2 Å². The average molecular weight is 781 g/mol. The number of fused-ring (bicyclic) bond motifs is 1. The van der Waals surface area contributed by atoms with E-state index in [4.69, 9.17) is 4.74 Å². The van der Waals surface area contributed by atoms with E-state index in [1.54, 1.807) is 0 Å². The monoisotopic (exact) mass is 780 g/mol. The number of Topliss-reactive ketones (excluding diaryl/α,β-unsaturated/α-hetero) is 4. The van der Waals surface area contributed by atoms with E-state index in [1.807, 2.05) is 52.0 Å². The van der Waals surface area contributed by atoms with Crippen LogP contribution in [0.15, 0.2) is 49.2 Å². The molecule has 0 bridgehead atoms. The highest BCUT2D eigenvalue weighted by molar-refractivity contribution is 6.38. The Morgan fingerprint density at radius 1 is 0.930 bits per heavy atom. The molecule has 1 aliphatic heterocycles.